The Bertz CT molecular complexity index is 2540. The van der Waals surface area contributed by atoms with Crippen molar-refractivity contribution in [3.8, 4) is 0 Å². The summed E-state index contributed by atoms with van der Waals surface area (Å²) in [6.07, 6.45) is 37.5. The van der Waals surface area contributed by atoms with Crippen LogP contribution in [0.15, 0.2) is 130 Å². The lowest BCUT2D eigenvalue weighted by atomic mass is 9.69. The molecular formula is C58H67N. The topological polar surface area (TPSA) is 12.0 Å². The molecule has 8 aliphatic carbocycles. The molecule has 4 atom stereocenters. The van der Waals surface area contributed by atoms with Gasteiger partial charge in [0.1, 0.15) is 0 Å². The molecule has 1 aliphatic heterocycles. The standard InChI is InChI=1S/C58H67N/c1-56(2)49-21-13-11-17-41(49)43-28-25-38(33-52(43)56)37-26-30-47-48(32-37)55(40-27-29-44-42-18-12-14-22-50(42)57(3,4)53(44)35-40)46-20-10-9-19-45(46)54(47)39-24-23-36-16-8-7-15-31-59-58(5,6)51(36)34-39/h9-10,12,18-19,25-30,32,34-35,38,42,46,50,59H,7-8,11,13-17,20-24,31,33H2,1-6H3. The first-order valence-corrected chi connectivity index (χ1v) is 23.9. The molecule has 2 aromatic rings. The van der Waals surface area contributed by atoms with Crippen molar-refractivity contribution >= 4 is 11.1 Å². The van der Waals surface area contributed by atoms with Crippen LogP contribution in [0, 0.1) is 17.3 Å². The molecule has 0 amide bonds. The van der Waals surface area contributed by atoms with Gasteiger partial charge in [-0.15, -0.1) is 0 Å². The van der Waals surface area contributed by atoms with Crippen LogP contribution in [0.5, 0.6) is 0 Å². The van der Waals surface area contributed by atoms with Gasteiger partial charge in [-0.2, -0.15) is 0 Å². The summed E-state index contributed by atoms with van der Waals surface area (Å²) >= 11 is 0. The number of fused-ring (bicyclic) bond motifs is 6. The van der Waals surface area contributed by atoms with Crippen LogP contribution in [-0.2, 0) is 5.41 Å². The summed E-state index contributed by atoms with van der Waals surface area (Å²) in [5.41, 5.74) is 22.6. The molecule has 0 spiro atoms. The fourth-order valence-electron chi connectivity index (χ4n) is 14.1. The highest BCUT2D eigenvalue weighted by Gasteiger charge is 2.46. The van der Waals surface area contributed by atoms with Gasteiger partial charge in [-0.25, -0.2) is 0 Å². The molecule has 4 unspecified atom stereocenters. The SMILES string of the molecule is CC1(C)NCCCCCC2=C1C=C(C1=c3ccc(C4C=CC5=C(C4)C(C)(C)C4=C5CCCC4)cc3=C(c3ccc4c(c3)C(C)(C)C3CCC=CC43)C3CC=CC=C13)CC2. The predicted molar refractivity (Wildman–Crippen MR) is 249 cm³/mol. The summed E-state index contributed by atoms with van der Waals surface area (Å²) in [6, 6.07) is 15.5. The Hall–Kier alpha value is -3.94. The van der Waals surface area contributed by atoms with Crippen molar-refractivity contribution in [1.82, 2.24) is 5.32 Å². The molecule has 1 heterocycles. The van der Waals surface area contributed by atoms with Gasteiger partial charge in [0.15, 0.2) is 0 Å². The van der Waals surface area contributed by atoms with E-state index in [0.29, 0.717) is 23.7 Å². The molecule has 0 radical (unpaired) electrons. The van der Waals surface area contributed by atoms with Crippen molar-refractivity contribution in [2.24, 2.45) is 17.3 Å². The summed E-state index contributed by atoms with van der Waals surface area (Å²) in [4.78, 5) is 0. The van der Waals surface area contributed by atoms with E-state index in [9.17, 15) is 0 Å². The Morgan fingerprint density at radius 3 is 2.53 bits per heavy atom. The van der Waals surface area contributed by atoms with Crippen LogP contribution in [0.4, 0.5) is 0 Å². The molecule has 0 aromatic heterocycles. The Kier molecular flexibility index (Phi) is 9.06. The summed E-state index contributed by atoms with van der Waals surface area (Å²) in [7, 11) is 0. The molecule has 9 aliphatic rings. The highest BCUT2D eigenvalue weighted by Crippen LogP contribution is 2.57. The van der Waals surface area contributed by atoms with E-state index >= 15 is 0 Å². The van der Waals surface area contributed by atoms with Crippen LogP contribution in [0.2, 0.25) is 0 Å². The summed E-state index contributed by atoms with van der Waals surface area (Å²) in [5.74, 6) is 1.98. The van der Waals surface area contributed by atoms with Gasteiger partial charge in [-0.1, -0.05) is 136 Å². The summed E-state index contributed by atoms with van der Waals surface area (Å²) < 4.78 is 0. The average Bonchev–Trinajstić information content (AvgIpc) is 3.65. The lowest BCUT2D eigenvalue weighted by Gasteiger charge is -2.36. The quantitative estimate of drug-likeness (QED) is 0.306. The molecule has 0 bridgehead atoms. The van der Waals surface area contributed by atoms with E-state index in [2.05, 4.69) is 132 Å². The van der Waals surface area contributed by atoms with Crippen LogP contribution < -0.4 is 15.8 Å². The summed E-state index contributed by atoms with van der Waals surface area (Å²) in [6.45, 7) is 16.1. The Labute approximate surface area is 355 Å². The van der Waals surface area contributed by atoms with Crippen molar-refractivity contribution in [2.45, 2.75) is 154 Å². The second-order valence-corrected chi connectivity index (χ2v) is 21.5. The van der Waals surface area contributed by atoms with E-state index in [4.69, 9.17) is 0 Å². The highest BCUT2D eigenvalue weighted by atomic mass is 15.0. The molecular weight excluding hydrogens is 711 g/mol. The number of hydrogen-bond donors (Lipinski definition) is 1. The minimum absolute atomic E-state index is 0.0304. The maximum Gasteiger partial charge on any atom is 0.0377 e. The molecule has 0 saturated carbocycles. The molecule has 2 aromatic carbocycles. The van der Waals surface area contributed by atoms with Crippen molar-refractivity contribution < 1.29 is 0 Å². The number of allylic oxidation sites excluding steroid dienone is 14. The molecule has 304 valence electrons. The van der Waals surface area contributed by atoms with Crippen LogP contribution >= 0.6 is 0 Å². The second kappa shape index (κ2) is 14.1. The zero-order valence-electron chi connectivity index (χ0n) is 37.0. The highest BCUT2D eigenvalue weighted by molar-refractivity contribution is 5.89. The first-order chi connectivity index (χ1) is 28.5. The molecule has 1 nitrogen and oxygen atoms in total. The van der Waals surface area contributed by atoms with Crippen LogP contribution in [0.1, 0.15) is 166 Å². The average molecular weight is 778 g/mol. The molecule has 59 heavy (non-hydrogen) atoms. The van der Waals surface area contributed by atoms with E-state index in [-0.39, 0.29) is 16.4 Å². The van der Waals surface area contributed by atoms with Gasteiger partial charge < -0.3 is 5.32 Å². The third kappa shape index (κ3) is 5.94. The molecule has 11 rings (SSSR count). The van der Waals surface area contributed by atoms with Crippen molar-refractivity contribution in [3.05, 3.63) is 162 Å². The third-order valence-corrected chi connectivity index (χ3v) is 17.3. The lowest BCUT2D eigenvalue weighted by Crippen LogP contribution is -2.42. The van der Waals surface area contributed by atoms with E-state index in [1.165, 1.54) is 97.8 Å². The number of hydrogen-bond acceptors (Lipinski definition) is 1. The zero-order chi connectivity index (χ0) is 40.3. The maximum absolute atomic E-state index is 4.00. The monoisotopic (exact) mass is 778 g/mol. The minimum Gasteiger partial charge on any atom is -0.308 e. The Balaban J connectivity index is 1.12. The van der Waals surface area contributed by atoms with Gasteiger partial charge in [-0.3, -0.25) is 0 Å². The zero-order valence-corrected chi connectivity index (χ0v) is 37.0. The van der Waals surface area contributed by atoms with E-state index < -0.39 is 0 Å². The molecule has 0 saturated heterocycles. The molecule has 0 fully saturated rings. The fraction of sp³-hybridized carbons (Fsp3) is 0.483. The normalized spacial score (nSPS) is 29.9. The van der Waals surface area contributed by atoms with Crippen molar-refractivity contribution in [2.75, 3.05) is 6.54 Å². The van der Waals surface area contributed by atoms with E-state index in [1.807, 2.05) is 0 Å². The smallest absolute Gasteiger partial charge is 0.0377 e. The number of nitrogens with one attached hydrogen (secondary N) is 1. The first kappa shape index (κ1) is 38.0. The van der Waals surface area contributed by atoms with Crippen LogP contribution in [0.25, 0.3) is 11.1 Å². The van der Waals surface area contributed by atoms with Crippen LogP contribution in [0.3, 0.4) is 0 Å². The van der Waals surface area contributed by atoms with Crippen LogP contribution in [-0.4, -0.2) is 12.1 Å². The van der Waals surface area contributed by atoms with Crippen molar-refractivity contribution in [3.63, 3.8) is 0 Å². The largest absolute Gasteiger partial charge is 0.308 e. The van der Waals surface area contributed by atoms with Crippen molar-refractivity contribution in [1.29, 1.82) is 0 Å². The number of rotatable bonds is 3. The Morgan fingerprint density at radius 1 is 0.763 bits per heavy atom. The summed E-state index contributed by atoms with van der Waals surface area (Å²) in [5, 5.41) is 6.95. The minimum atomic E-state index is -0.0304. The van der Waals surface area contributed by atoms with Gasteiger partial charge in [0.25, 0.3) is 0 Å². The Morgan fingerprint density at radius 2 is 1.63 bits per heavy atom. The number of benzene rings is 2. The van der Waals surface area contributed by atoms with Gasteiger partial charge in [0.05, 0.1) is 0 Å². The van der Waals surface area contributed by atoms with Gasteiger partial charge >= 0.3 is 0 Å². The third-order valence-electron chi connectivity index (χ3n) is 17.3. The second-order valence-electron chi connectivity index (χ2n) is 21.5. The maximum atomic E-state index is 4.00. The predicted octanol–water partition coefficient (Wildman–Crippen LogP) is 13.1. The van der Waals surface area contributed by atoms with E-state index in [0.717, 1.165) is 25.8 Å². The lowest BCUT2D eigenvalue weighted by molar-refractivity contribution is 0.301. The van der Waals surface area contributed by atoms with E-state index in [1.54, 1.807) is 61.3 Å². The van der Waals surface area contributed by atoms with Gasteiger partial charge in [0.2, 0.25) is 0 Å². The first-order valence-electron chi connectivity index (χ1n) is 23.9. The van der Waals surface area contributed by atoms with Gasteiger partial charge in [-0.05, 0) is 187 Å². The fourth-order valence-corrected chi connectivity index (χ4v) is 14.1. The van der Waals surface area contributed by atoms with Gasteiger partial charge in [0, 0.05) is 28.7 Å². The molecule has 1 N–H and O–H groups in total. The molecule has 1 heteroatoms.